The highest BCUT2D eigenvalue weighted by Crippen LogP contribution is 2.15. The van der Waals surface area contributed by atoms with Gasteiger partial charge < -0.3 is 4.90 Å². The van der Waals surface area contributed by atoms with E-state index in [0.717, 1.165) is 11.2 Å². The molecule has 0 aliphatic carbocycles. The predicted octanol–water partition coefficient (Wildman–Crippen LogP) is -0.423. The van der Waals surface area contributed by atoms with Crippen molar-refractivity contribution in [1.82, 2.24) is 10.2 Å². The lowest BCUT2D eigenvalue weighted by atomic mass is 10.1. The van der Waals surface area contributed by atoms with Gasteiger partial charge >= 0.3 is 0 Å². The van der Waals surface area contributed by atoms with Gasteiger partial charge in [-0.2, -0.15) is 0 Å². The number of hydrogen-bond donors (Lipinski definition) is 1. The van der Waals surface area contributed by atoms with Crippen LogP contribution in [0.3, 0.4) is 0 Å². The van der Waals surface area contributed by atoms with Gasteiger partial charge in [0.05, 0.1) is 4.90 Å². The zero-order valence-electron chi connectivity index (χ0n) is 11.5. The quantitative estimate of drug-likeness (QED) is 0.748. The minimum atomic E-state index is -3.44. The molecule has 0 aromatic heterocycles. The molecule has 1 heterocycles. The topological polar surface area (TPSA) is 101 Å². The van der Waals surface area contributed by atoms with Crippen LogP contribution in [0, 0.1) is 0 Å². The molecule has 0 radical (unpaired) electrons. The van der Waals surface area contributed by atoms with Gasteiger partial charge in [-0.15, -0.1) is 0 Å². The summed E-state index contributed by atoms with van der Waals surface area (Å²) in [5.74, 6) is -1.68. The van der Waals surface area contributed by atoms with E-state index in [1.165, 1.54) is 31.2 Å². The zero-order chi connectivity index (χ0) is 15.8. The molecule has 3 amide bonds. The second-order valence-corrected chi connectivity index (χ2v) is 6.84. The number of benzene rings is 1. The number of nitrogens with one attached hydrogen (secondary N) is 1. The smallest absolute Gasteiger partial charge is 0.255 e. The Bertz CT molecular complexity index is 726. The zero-order valence-corrected chi connectivity index (χ0v) is 12.3. The van der Waals surface area contributed by atoms with E-state index in [0.29, 0.717) is 0 Å². The highest BCUT2D eigenvalue weighted by Gasteiger charge is 2.34. The highest BCUT2D eigenvalue weighted by atomic mass is 32.2. The van der Waals surface area contributed by atoms with Crippen molar-refractivity contribution in [2.75, 3.05) is 12.8 Å². The molecule has 1 aromatic carbocycles. The lowest BCUT2D eigenvalue weighted by Crippen LogP contribution is -2.58. The first kappa shape index (κ1) is 15.2. The summed E-state index contributed by atoms with van der Waals surface area (Å²) < 4.78 is 23.0. The number of carbonyl (C=O) groups excluding carboxylic acids is 3. The Morgan fingerprint density at radius 1 is 1.33 bits per heavy atom. The van der Waals surface area contributed by atoms with Gasteiger partial charge in [-0.25, -0.2) is 8.42 Å². The summed E-state index contributed by atoms with van der Waals surface area (Å²) in [7, 11) is -3.44. The summed E-state index contributed by atoms with van der Waals surface area (Å²) in [4.78, 5) is 36.4. The number of carbonyl (C=O) groups is 3. The molecule has 1 saturated heterocycles. The number of nitrogens with zero attached hydrogens (tertiary/aromatic N) is 1. The Labute approximate surface area is 121 Å². The maximum atomic E-state index is 12.4. The first-order valence-corrected chi connectivity index (χ1v) is 8.04. The van der Waals surface area contributed by atoms with Crippen molar-refractivity contribution in [2.45, 2.75) is 17.9 Å². The van der Waals surface area contributed by atoms with Gasteiger partial charge in [0, 0.05) is 11.8 Å². The molecule has 1 aromatic rings. The van der Waals surface area contributed by atoms with Crippen molar-refractivity contribution < 1.29 is 22.8 Å². The molecule has 7 nitrogen and oxygen atoms in total. The van der Waals surface area contributed by atoms with Crippen molar-refractivity contribution in [2.24, 2.45) is 0 Å². The standard InChI is InChI=1S/C13H14N2O5S/c1-8-12(17)14-11(16)7-15(8)13(18)9-4-3-5-10(6-9)21(2,19)20/h3-6,8H,7H2,1-2H3,(H,14,16,17). The van der Waals surface area contributed by atoms with Gasteiger partial charge in [0.25, 0.3) is 5.91 Å². The Hall–Kier alpha value is -2.22. The van der Waals surface area contributed by atoms with E-state index in [-0.39, 0.29) is 17.0 Å². The van der Waals surface area contributed by atoms with Gasteiger partial charge in [0.1, 0.15) is 12.6 Å². The first-order valence-electron chi connectivity index (χ1n) is 6.15. The third-order valence-corrected chi connectivity index (χ3v) is 4.30. The molecule has 0 spiro atoms. The van der Waals surface area contributed by atoms with Crippen LogP contribution in [-0.4, -0.2) is 49.9 Å². The van der Waals surface area contributed by atoms with Crippen molar-refractivity contribution in [1.29, 1.82) is 0 Å². The summed E-state index contributed by atoms with van der Waals surface area (Å²) in [6.45, 7) is 1.26. The largest absolute Gasteiger partial charge is 0.318 e. The van der Waals surface area contributed by atoms with Crippen LogP contribution in [-0.2, 0) is 19.4 Å². The lowest BCUT2D eigenvalue weighted by molar-refractivity contribution is -0.138. The lowest BCUT2D eigenvalue weighted by Gasteiger charge is -2.31. The average molecular weight is 310 g/mol. The molecular formula is C13H14N2O5S. The van der Waals surface area contributed by atoms with Crippen molar-refractivity contribution in [3.8, 4) is 0 Å². The minimum absolute atomic E-state index is 0.00814. The number of amides is 3. The Balaban J connectivity index is 2.36. The summed E-state index contributed by atoms with van der Waals surface area (Å²) in [5.41, 5.74) is 0.118. The summed E-state index contributed by atoms with van der Waals surface area (Å²) in [5, 5.41) is 2.13. The monoisotopic (exact) mass is 310 g/mol. The number of sulfone groups is 1. The molecule has 2 rings (SSSR count). The molecule has 8 heteroatoms. The molecule has 1 unspecified atom stereocenters. The predicted molar refractivity (Wildman–Crippen MR) is 73.2 cm³/mol. The maximum absolute atomic E-state index is 12.4. The first-order chi connectivity index (χ1) is 9.70. The van der Waals surface area contributed by atoms with Gasteiger partial charge in [-0.3, -0.25) is 19.7 Å². The number of rotatable bonds is 2. The molecule has 112 valence electrons. The molecule has 0 bridgehead atoms. The molecule has 21 heavy (non-hydrogen) atoms. The van der Waals surface area contributed by atoms with Gasteiger partial charge in [0.15, 0.2) is 9.84 Å². The Morgan fingerprint density at radius 2 is 2.00 bits per heavy atom. The van der Waals surface area contributed by atoms with Gasteiger partial charge in [-0.1, -0.05) is 6.07 Å². The average Bonchev–Trinajstić information content (AvgIpc) is 2.41. The summed E-state index contributed by atoms with van der Waals surface area (Å²) in [6.07, 6.45) is 1.04. The number of imide groups is 1. The van der Waals surface area contributed by atoms with Crippen molar-refractivity contribution in [3.63, 3.8) is 0 Å². The van der Waals surface area contributed by atoms with E-state index in [9.17, 15) is 22.8 Å². The van der Waals surface area contributed by atoms with Crippen molar-refractivity contribution in [3.05, 3.63) is 29.8 Å². The van der Waals surface area contributed by atoms with E-state index in [2.05, 4.69) is 5.32 Å². The molecule has 1 aliphatic heterocycles. The fourth-order valence-corrected chi connectivity index (χ4v) is 2.65. The molecule has 1 N–H and O–H groups in total. The molecule has 1 aliphatic rings. The van der Waals surface area contributed by atoms with Gasteiger partial charge in [0.2, 0.25) is 11.8 Å². The Morgan fingerprint density at radius 3 is 2.62 bits per heavy atom. The summed E-state index contributed by atoms with van der Waals surface area (Å²) >= 11 is 0. The molecular weight excluding hydrogens is 296 g/mol. The van der Waals surface area contributed by atoms with Crippen LogP contribution in [0.4, 0.5) is 0 Å². The summed E-state index contributed by atoms with van der Waals surface area (Å²) in [6, 6.07) is 4.71. The highest BCUT2D eigenvalue weighted by molar-refractivity contribution is 7.90. The second kappa shape index (κ2) is 5.28. The molecule has 0 saturated carbocycles. The van der Waals surface area contributed by atoms with E-state index < -0.39 is 33.6 Å². The Kier molecular flexibility index (Phi) is 3.82. The minimum Gasteiger partial charge on any atom is -0.318 e. The molecule has 1 atom stereocenters. The van der Waals surface area contributed by atoms with Crippen LogP contribution < -0.4 is 5.32 Å². The van der Waals surface area contributed by atoms with Crippen LogP contribution in [0.2, 0.25) is 0 Å². The van der Waals surface area contributed by atoms with E-state index in [1.807, 2.05) is 0 Å². The SMILES string of the molecule is CC1C(=O)NC(=O)CN1C(=O)c1cccc(S(C)(=O)=O)c1. The fraction of sp³-hybridized carbons (Fsp3) is 0.308. The van der Waals surface area contributed by atoms with Crippen LogP contribution in [0.25, 0.3) is 0 Å². The second-order valence-electron chi connectivity index (χ2n) is 4.82. The van der Waals surface area contributed by atoms with Gasteiger partial charge in [-0.05, 0) is 25.1 Å². The fourth-order valence-electron chi connectivity index (χ4n) is 1.99. The van der Waals surface area contributed by atoms with Crippen LogP contribution >= 0.6 is 0 Å². The number of piperazine rings is 1. The van der Waals surface area contributed by atoms with Crippen LogP contribution in [0.15, 0.2) is 29.2 Å². The third-order valence-electron chi connectivity index (χ3n) is 3.19. The van der Waals surface area contributed by atoms with E-state index in [1.54, 1.807) is 0 Å². The number of hydrogen-bond acceptors (Lipinski definition) is 5. The van der Waals surface area contributed by atoms with Crippen LogP contribution in [0.5, 0.6) is 0 Å². The van der Waals surface area contributed by atoms with E-state index >= 15 is 0 Å². The maximum Gasteiger partial charge on any atom is 0.255 e. The van der Waals surface area contributed by atoms with E-state index in [4.69, 9.17) is 0 Å². The third kappa shape index (κ3) is 3.10. The van der Waals surface area contributed by atoms with Crippen LogP contribution in [0.1, 0.15) is 17.3 Å². The molecule has 1 fully saturated rings. The normalized spacial score (nSPS) is 19.3. The van der Waals surface area contributed by atoms with Crippen molar-refractivity contribution >= 4 is 27.6 Å².